The van der Waals surface area contributed by atoms with Crippen molar-refractivity contribution >= 4 is 5.97 Å². The van der Waals surface area contributed by atoms with Gasteiger partial charge in [-0.25, -0.2) is 0 Å². The number of rotatable bonds is 4. The van der Waals surface area contributed by atoms with E-state index in [9.17, 15) is 13.6 Å². The van der Waals surface area contributed by atoms with Gasteiger partial charge in [-0.2, -0.15) is 8.78 Å². The molecule has 5 heteroatoms. The molecular formula is C6H9F2NO2. The van der Waals surface area contributed by atoms with E-state index in [1.807, 2.05) is 0 Å². The molecule has 0 aliphatic rings. The van der Waals surface area contributed by atoms with E-state index in [1.54, 1.807) is 0 Å². The highest BCUT2D eigenvalue weighted by Crippen LogP contribution is 2.02. The average molecular weight is 165 g/mol. The van der Waals surface area contributed by atoms with E-state index in [-0.39, 0.29) is 12.8 Å². The Morgan fingerprint density at radius 1 is 1.64 bits per heavy atom. The molecule has 64 valence electrons. The summed E-state index contributed by atoms with van der Waals surface area (Å²) in [5.41, 5.74) is 5.03. The van der Waals surface area contributed by atoms with Gasteiger partial charge in [0, 0.05) is 0 Å². The van der Waals surface area contributed by atoms with Crippen LogP contribution in [0.3, 0.4) is 0 Å². The number of halogens is 2. The SMILES string of the molecule is N[C@@H](CCC=C(F)F)C(=O)O. The van der Waals surface area contributed by atoms with Crippen molar-refractivity contribution < 1.29 is 18.7 Å². The molecule has 0 radical (unpaired) electrons. The zero-order valence-electron chi connectivity index (χ0n) is 5.76. The Balaban J connectivity index is 3.55. The van der Waals surface area contributed by atoms with Crippen LogP contribution >= 0.6 is 0 Å². The van der Waals surface area contributed by atoms with Gasteiger partial charge in [0.15, 0.2) is 0 Å². The van der Waals surface area contributed by atoms with E-state index in [0.717, 1.165) is 0 Å². The van der Waals surface area contributed by atoms with Gasteiger partial charge < -0.3 is 10.8 Å². The molecule has 3 N–H and O–H groups in total. The van der Waals surface area contributed by atoms with Gasteiger partial charge in [-0.05, 0) is 18.9 Å². The van der Waals surface area contributed by atoms with Crippen LogP contribution in [0.25, 0.3) is 0 Å². The molecule has 3 nitrogen and oxygen atoms in total. The summed E-state index contributed by atoms with van der Waals surface area (Å²) < 4.78 is 22.7. The third-order valence-electron chi connectivity index (χ3n) is 1.09. The molecule has 11 heavy (non-hydrogen) atoms. The summed E-state index contributed by atoms with van der Waals surface area (Å²) in [7, 11) is 0. The van der Waals surface area contributed by atoms with Crippen molar-refractivity contribution in [2.45, 2.75) is 18.9 Å². The van der Waals surface area contributed by atoms with Crippen LogP contribution in [0.5, 0.6) is 0 Å². The zero-order chi connectivity index (χ0) is 8.85. The van der Waals surface area contributed by atoms with Gasteiger partial charge in [0.1, 0.15) is 6.04 Å². The Morgan fingerprint density at radius 2 is 2.18 bits per heavy atom. The number of carboxylic acid groups (broad SMARTS) is 1. The molecule has 0 aromatic carbocycles. The third kappa shape index (κ3) is 5.47. The first-order valence-corrected chi connectivity index (χ1v) is 3.03. The van der Waals surface area contributed by atoms with Crippen LogP contribution in [-0.4, -0.2) is 17.1 Å². The molecule has 0 unspecified atom stereocenters. The smallest absolute Gasteiger partial charge is 0.320 e. The second kappa shape index (κ2) is 4.79. The van der Waals surface area contributed by atoms with E-state index in [0.29, 0.717) is 6.08 Å². The van der Waals surface area contributed by atoms with Gasteiger partial charge in [-0.3, -0.25) is 4.79 Å². The average Bonchev–Trinajstić information content (AvgIpc) is 1.86. The first kappa shape index (κ1) is 10.0. The van der Waals surface area contributed by atoms with Crippen LogP contribution in [-0.2, 0) is 4.79 Å². The molecule has 0 saturated heterocycles. The van der Waals surface area contributed by atoms with E-state index in [1.165, 1.54) is 0 Å². The Bertz CT molecular complexity index is 166. The molecule has 0 heterocycles. The van der Waals surface area contributed by atoms with Crippen molar-refractivity contribution in [2.24, 2.45) is 5.73 Å². The Morgan fingerprint density at radius 3 is 2.55 bits per heavy atom. The highest BCUT2D eigenvalue weighted by molar-refractivity contribution is 5.72. The lowest BCUT2D eigenvalue weighted by atomic mass is 10.2. The van der Waals surface area contributed by atoms with Gasteiger partial charge in [0.25, 0.3) is 6.08 Å². The highest BCUT2D eigenvalue weighted by atomic mass is 19.3. The van der Waals surface area contributed by atoms with Crippen molar-refractivity contribution in [3.63, 3.8) is 0 Å². The summed E-state index contributed by atoms with van der Waals surface area (Å²) in [5.74, 6) is -1.17. The van der Waals surface area contributed by atoms with Crippen LogP contribution in [0.4, 0.5) is 8.78 Å². The van der Waals surface area contributed by atoms with Crippen LogP contribution in [0.2, 0.25) is 0 Å². The molecule has 0 spiro atoms. The van der Waals surface area contributed by atoms with Gasteiger partial charge in [0.05, 0.1) is 0 Å². The Kier molecular flexibility index (Phi) is 4.36. The van der Waals surface area contributed by atoms with Crippen molar-refractivity contribution in [3.8, 4) is 0 Å². The van der Waals surface area contributed by atoms with Crippen molar-refractivity contribution in [1.82, 2.24) is 0 Å². The predicted molar refractivity (Wildman–Crippen MR) is 35.1 cm³/mol. The van der Waals surface area contributed by atoms with E-state index >= 15 is 0 Å². The van der Waals surface area contributed by atoms with Crippen molar-refractivity contribution in [2.75, 3.05) is 0 Å². The number of hydrogen-bond acceptors (Lipinski definition) is 2. The number of hydrogen-bond donors (Lipinski definition) is 2. The summed E-state index contributed by atoms with van der Waals surface area (Å²) in [5, 5.41) is 8.21. The monoisotopic (exact) mass is 165 g/mol. The molecule has 0 aliphatic heterocycles. The second-order valence-electron chi connectivity index (χ2n) is 2.02. The molecule has 0 saturated carbocycles. The van der Waals surface area contributed by atoms with E-state index < -0.39 is 18.1 Å². The summed E-state index contributed by atoms with van der Waals surface area (Å²) in [4.78, 5) is 10.0. The second-order valence-corrected chi connectivity index (χ2v) is 2.02. The van der Waals surface area contributed by atoms with Gasteiger partial charge in [0.2, 0.25) is 0 Å². The molecule has 0 aliphatic carbocycles. The fourth-order valence-electron chi connectivity index (χ4n) is 0.495. The number of carbonyl (C=O) groups is 1. The summed E-state index contributed by atoms with van der Waals surface area (Å²) >= 11 is 0. The molecule has 0 aromatic heterocycles. The first-order valence-electron chi connectivity index (χ1n) is 3.03. The van der Waals surface area contributed by atoms with Crippen molar-refractivity contribution in [3.05, 3.63) is 12.2 Å². The molecule has 0 aromatic rings. The predicted octanol–water partition coefficient (Wildman–Crippen LogP) is 0.959. The summed E-state index contributed by atoms with van der Waals surface area (Å²) in [6.07, 6.45) is -1.12. The maximum Gasteiger partial charge on any atom is 0.320 e. The minimum Gasteiger partial charge on any atom is -0.480 e. The lowest BCUT2D eigenvalue weighted by Gasteiger charge is -2.01. The molecule has 0 rings (SSSR count). The molecular weight excluding hydrogens is 156 g/mol. The highest BCUT2D eigenvalue weighted by Gasteiger charge is 2.09. The van der Waals surface area contributed by atoms with Crippen molar-refractivity contribution in [1.29, 1.82) is 0 Å². The fourth-order valence-corrected chi connectivity index (χ4v) is 0.495. The van der Waals surface area contributed by atoms with Gasteiger partial charge >= 0.3 is 5.97 Å². The summed E-state index contributed by atoms with van der Waals surface area (Å²) in [6, 6.07) is -1.05. The van der Waals surface area contributed by atoms with Gasteiger partial charge in [-0.1, -0.05) is 0 Å². The number of allylic oxidation sites excluding steroid dienone is 1. The molecule has 0 bridgehead atoms. The lowest BCUT2D eigenvalue weighted by Crippen LogP contribution is -2.29. The Hall–Kier alpha value is -0.970. The maximum atomic E-state index is 11.4. The van der Waals surface area contributed by atoms with Crippen LogP contribution in [0.1, 0.15) is 12.8 Å². The zero-order valence-corrected chi connectivity index (χ0v) is 5.76. The minimum atomic E-state index is -1.80. The minimum absolute atomic E-state index is 0.00417. The number of carboxylic acids is 1. The largest absolute Gasteiger partial charge is 0.480 e. The molecule has 1 atom stereocenters. The first-order chi connectivity index (χ1) is 5.04. The standard InChI is InChI=1S/C6H9F2NO2/c7-5(8)3-1-2-4(9)6(10)11/h3-4H,1-2,9H2,(H,10,11)/t4-/m0/s1. The van der Waals surface area contributed by atoms with E-state index in [2.05, 4.69) is 0 Å². The maximum absolute atomic E-state index is 11.4. The molecule has 0 fully saturated rings. The third-order valence-corrected chi connectivity index (χ3v) is 1.09. The lowest BCUT2D eigenvalue weighted by molar-refractivity contribution is -0.138. The molecule has 0 amide bonds. The van der Waals surface area contributed by atoms with Gasteiger partial charge in [-0.15, -0.1) is 0 Å². The number of nitrogens with two attached hydrogens (primary N) is 1. The summed E-state index contributed by atoms with van der Waals surface area (Å²) in [6.45, 7) is 0. The number of aliphatic carboxylic acids is 1. The Labute approximate surface area is 62.5 Å². The quantitative estimate of drug-likeness (QED) is 0.652. The topological polar surface area (TPSA) is 63.3 Å². The van der Waals surface area contributed by atoms with Crippen LogP contribution < -0.4 is 5.73 Å². The van der Waals surface area contributed by atoms with E-state index in [4.69, 9.17) is 10.8 Å². The van der Waals surface area contributed by atoms with Crippen LogP contribution in [0.15, 0.2) is 12.2 Å². The fraction of sp³-hybridized carbons (Fsp3) is 0.500. The normalized spacial score (nSPS) is 12.3. The van der Waals surface area contributed by atoms with Crippen LogP contribution in [0, 0.1) is 0 Å².